The maximum Gasteiger partial charge on any atom is 0.190 e. The molecular weight excluding hydrogens is 292 g/mol. The van der Waals surface area contributed by atoms with Gasteiger partial charge in [-0.3, -0.25) is 9.59 Å². The molecular formula is C16H11ClO4. The third-order valence-corrected chi connectivity index (χ3v) is 3.44. The summed E-state index contributed by atoms with van der Waals surface area (Å²) in [6.45, 7) is 0.399. The maximum atomic E-state index is 11.8. The number of allylic oxidation sites excluding steroid dienone is 3. The monoisotopic (exact) mass is 302 g/mol. The first-order valence-electron chi connectivity index (χ1n) is 6.34. The molecule has 3 rings (SSSR count). The Balaban J connectivity index is 1.84. The molecule has 21 heavy (non-hydrogen) atoms. The highest BCUT2D eigenvalue weighted by molar-refractivity contribution is 6.30. The van der Waals surface area contributed by atoms with Gasteiger partial charge in [-0.05, 0) is 29.8 Å². The highest BCUT2D eigenvalue weighted by Crippen LogP contribution is 2.32. The lowest BCUT2D eigenvalue weighted by Gasteiger charge is -2.14. The molecule has 4 nitrogen and oxygen atoms in total. The van der Waals surface area contributed by atoms with Crippen LogP contribution < -0.4 is 0 Å². The van der Waals surface area contributed by atoms with Gasteiger partial charge in [-0.15, -0.1) is 0 Å². The minimum Gasteiger partial charge on any atom is -0.485 e. The van der Waals surface area contributed by atoms with Crippen molar-refractivity contribution in [3.8, 4) is 0 Å². The second kappa shape index (κ2) is 5.58. The van der Waals surface area contributed by atoms with Crippen molar-refractivity contribution >= 4 is 23.7 Å². The van der Waals surface area contributed by atoms with Crippen LogP contribution in [0.3, 0.4) is 0 Å². The number of fused-ring (bicyclic) bond motifs is 1. The van der Waals surface area contributed by atoms with Crippen LogP contribution in [0.5, 0.6) is 0 Å². The molecule has 0 amide bonds. The summed E-state index contributed by atoms with van der Waals surface area (Å²) in [5, 5.41) is 0.629. The number of ether oxygens (including phenoxy) is 2. The van der Waals surface area contributed by atoms with Crippen molar-refractivity contribution < 1.29 is 19.1 Å². The van der Waals surface area contributed by atoms with Crippen molar-refractivity contribution in [3.63, 3.8) is 0 Å². The van der Waals surface area contributed by atoms with Crippen molar-refractivity contribution in [3.05, 3.63) is 69.7 Å². The molecule has 0 bridgehead atoms. The molecule has 0 saturated carbocycles. The lowest BCUT2D eigenvalue weighted by molar-refractivity contribution is -0.112. The summed E-state index contributed by atoms with van der Waals surface area (Å²) in [5.41, 5.74) is 1.55. The molecule has 0 unspecified atom stereocenters. The summed E-state index contributed by atoms with van der Waals surface area (Å²) in [5.74, 6) is 0.549. The van der Waals surface area contributed by atoms with E-state index in [2.05, 4.69) is 0 Å². The van der Waals surface area contributed by atoms with Crippen LogP contribution >= 0.6 is 11.6 Å². The highest BCUT2D eigenvalue weighted by atomic mass is 35.5. The second-order valence-corrected chi connectivity index (χ2v) is 5.05. The summed E-state index contributed by atoms with van der Waals surface area (Å²) in [6, 6.07) is 7.30. The van der Waals surface area contributed by atoms with Gasteiger partial charge in [0.1, 0.15) is 19.5 Å². The summed E-state index contributed by atoms with van der Waals surface area (Å²) >= 11 is 5.92. The Morgan fingerprint density at radius 3 is 2.95 bits per heavy atom. The quantitative estimate of drug-likeness (QED) is 0.803. The van der Waals surface area contributed by atoms with E-state index in [1.54, 1.807) is 18.2 Å². The minimum atomic E-state index is -0.236. The fraction of sp³-hybridized carbons (Fsp3) is 0.125. The molecule has 1 heterocycles. The Kier molecular flexibility index (Phi) is 3.62. The van der Waals surface area contributed by atoms with Crippen LogP contribution in [0.1, 0.15) is 5.56 Å². The Morgan fingerprint density at radius 2 is 2.19 bits per heavy atom. The molecule has 106 valence electrons. The van der Waals surface area contributed by atoms with E-state index in [-0.39, 0.29) is 12.4 Å². The number of hydrogen-bond acceptors (Lipinski definition) is 4. The van der Waals surface area contributed by atoms with Crippen molar-refractivity contribution in [2.45, 2.75) is 6.61 Å². The summed E-state index contributed by atoms with van der Waals surface area (Å²) < 4.78 is 11.1. The molecule has 0 N–H and O–H groups in total. The predicted octanol–water partition coefficient (Wildman–Crippen LogP) is 2.73. The number of aldehydes is 1. The molecule has 0 saturated heterocycles. The van der Waals surface area contributed by atoms with Crippen LogP contribution in [-0.4, -0.2) is 18.7 Å². The molecule has 1 aliphatic carbocycles. The van der Waals surface area contributed by atoms with E-state index < -0.39 is 0 Å². The van der Waals surface area contributed by atoms with Gasteiger partial charge >= 0.3 is 0 Å². The van der Waals surface area contributed by atoms with Gasteiger partial charge in [-0.2, -0.15) is 0 Å². The molecule has 1 aliphatic heterocycles. The summed E-state index contributed by atoms with van der Waals surface area (Å²) in [6.07, 6.45) is 3.58. The minimum absolute atomic E-state index is 0.103. The highest BCUT2D eigenvalue weighted by Gasteiger charge is 2.31. The zero-order valence-electron chi connectivity index (χ0n) is 11.0. The van der Waals surface area contributed by atoms with Gasteiger partial charge in [0.2, 0.25) is 0 Å². The zero-order valence-corrected chi connectivity index (χ0v) is 11.7. The van der Waals surface area contributed by atoms with Crippen LogP contribution in [-0.2, 0) is 25.7 Å². The smallest absolute Gasteiger partial charge is 0.190 e. The van der Waals surface area contributed by atoms with Crippen LogP contribution in [0, 0.1) is 0 Å². The number of ketones is 1. The van der Waals surface area contributed by atoms with Gasteiger partial charge < -0.3 is 9.47 Å². The fourth-order valence-electron chi connectivity index (χ4n) is 2.21. The molecule has 0 radical (unpaired) electrons. The lowest BCUT2D eigenvalue weighted by Crippen LogP contribution is -2.10. The first kappa shape index (κ1) is 13.6. The second-order valence-electron chi connectivity index (χ2n) is 4.62. The third kappa shape index (κ3) is 2.62. The molecule has 0 atom stereocenters. The standard InChI is InChI=1S/C16H11ClO4/c17-12-3-1-2-10(6-12)8-20-14-5-4-13(19)15-11(7-18)9-21-16(14)15/h1-7H,8-9H2. The van der Waals surface area contributed by atoms with Gasteiger partial charge in [0, 0.05) is 10.6 Å². The lowest BCUT2D eigenvalue weighted by atomic mass is 10.0. The number of hydrogen-bond donors (Lipinski definition) is 0. The molecule has 0 aromatic heterocycles. The number of benzene rings is 1. The topological polar surface area (TPSA) is 52.6 Å². The third-order valence-electron chi connectivity index (χ3n) is 3.20. The number of halogens is 1. The van der Waals surface area contributed by atoms with Gasteiger partial charge in [-0.25, -0.2) is 0 Å². The number of carbonyl (C=O) groups is 2. The van der Waals surface area contributed by atoms with Crippen molar-refractivity contribution in [2.24, 2.45) is 0 Å². The van der Waals surface area contributed by atoms with Gasteiger partial charge in [0.15, 0.2) is 17.3 Å². The zero-order chi connectivity index (χ0) is 14.8. The van der Waals surface area contributed by atoms with Crippen LogP contribution in [0.2, 0.25) is 5.02 Å². The normalized spacial score (nSPS) is 16.9. The molecule has 2 aliphatic rings. The van der Waals surface area contributed by atoms with E-state index in [0.717, 1.165) is 5.56 Å². The number of carbonyl (C=O) groups excluding carboxylic acids is 2. The first-order valence-corrected chi connectivity index (χ1v) is 6.72. The fourth-order valence-corrected chi connectivity index (χ4v) is 2.42. The van der Waals surface area contributed by atoms with Crippen LogP contribution in [0.25, 0.3) is 0 Å². The van der Waals surface area contributed by atoms with E-state index >= 15 is 0 Å². The maximum absolute atomic E-state index is 11.8. The molecule has 1 aromatic carbocycles. The Hall–Kier alpha value is -2.33. The van der Waals surface area contributed by atoms with E-state index in [0.29, 0.717) is 40.6 Å². The van der Waals surface area contributed by atoms with Crippen molar-refractivity contribution in [1.29, 1.82) is 0 Å². The average molecular weight is 303 g/mol. The first-order chi connectivity index (χ1) is 10.2. The van der Waals surface area contributed by atoms with Gasteiger partial charge in [-0.1, -0.05) is 23.7 Å². The van der Waals surface area contributed by atoms with E-state index in [4.69, 9.17) is 21.1 Å². The average Bonchev–Trinajstić information content (AvgIpc) is 2.92. The van der Waals surface area contributed by atoms with E-state index in [1.807, 2.05) is 12.1 Å². The van der Waals surface area contributed by atoms with E-state index in [9.17, 15) is 9.59 Å². The largest absolute Gasteiger partial charge is 0.485 e. The number of rotatable bonds is 4. The van der Waals surface area contributed by atoms with Gasteiger partial charge in [0.25, 0.3) is 0 Å². The predicted molar refractivity (Wildman–Crippen MR) is 76.5 cm³/mol. The Bertz CT molecular complexity index is 713. The summed E-state index contributed by atoms with van der Waals surface area (Å²) in [7, 11) is 0. The van der Waals surface area contributed by atoms with E-state index in [1.165, 1.54) is 6.08 Å². The SMILES string of the molecule is O=CC1=C2C(=O)C=CC(OCc3cccc(Cl)c3)=C2OC1. The Labute approximate surface area is 126 Å². The van der Waals surface area contributed by atoms with Crippen LogP contribution in [0.4, 0.5) is 0 Å². The molecule has 0 fully saturated rings. The molecule has 5 heteroatoms. The van der Waals surface area contributed by atoms with Crippen molar-refractivity contribution in [2.75, 3.05) is 6.61 Å². The van der Waals surface area contributed by atoms with Gasteiger partial charge in [0.05, 0.1) is 5.57 Å². The Morgan fingerprint density at radius 1 is 1.33 bits per heavy atom. The van der Waals surface area contributed by atoms with Crippen LogP contribution in [0.15, 0.2) is 59.1 Å². The summed E-state index contributed by atoms with van der Waals surface area (Å²) in [4.78, 5) is 22.8. The molecule has 1 aromatic rings. The molecule has 0 spiro atoms. The van der Waals surface area contributed by atoms with Crippen molar-refractivity contribution in [1.82, 2.24) is 0 Å².